The molecule has 0 atom stereocenters. The van der Waals surface area contributed by atoms with Gasteiger partial charge in [-0.25, -0.2) is 10.4 Å². The van der Waals surface area contributed by atoms with Crippen molar-refractivity contribution < 1.29 is 5.48 Å². The number of hydrogen-bond donors (Lipinski definition) is 1. The van der Waals surface area contributed by atoms with Gasteiger partial charge in [0.15, 0.2) is 0 Å². The number of halogens is 1. The van der Waals surface area contributed by atoms with Gasteiger partial charge in [-0.05, 0) is 6.92 Å². The van der Waals surface area contributed by atoms with Crippen LogP contribution in [0.4, 0.5) is 0 Å². The third kappa shape index (κ3) is 27.9. The van der Waals surface area contributed by atoms with E-state index in [1.54, 1.807) is 0 Å². The molecule has 7 heavy (non-hydrogen) atoms. The summed E-state index contributed by atoms with van der Waals surface area (Å²) in [5.74, 6) is 0. The fourth-order valence-electron chi connectivity index (χ4n) is 0.0791. The van der Waals surface area contributed by atoms with Gasteiger partial charge in [-0.2, -0.15) is 0 Å². The summed E-state index contributed by atoms with van der Waals surface area (Å²) >= 11 is 0. The summed E-state index contributed by atoms with van der Waals surface area (Å²) in [5.41, 5.74) is 0. The van der Waals surface area contributed by atoms with Crippen LogP contribution in [0.15, 0.2) is 4.99 Å². The van der Waals surface area contributed by atoms with Gasteiger partial charge < -0.3 is 5.48 Å². The van der Waals surface area contributed by atoms with Crippen LogP contribution in [-0.4, -0.2) is 18.0 Å². The van der Waals surface area contributed by atoms with E-state index in [1.807, 2.05) is 12.9 Å². The van der Waals surface area contributed by atoms with E-state index in [1.165, 1.54) is 0 Å². The molecule has 3 N–H and O–H groups in total. The molecular weight excluding hydrogens is 115 g/mol. The van der Waals surface area contributed by atoms with Crippen LogP contribution < -0.4 is 0 Å². The average Bonchev–Trinajstić information content (AvgIpc) is 1.41. The van der Waals surface area contributed by atoms with Crippen LogP contribution in [-0.2, 0) is 0 Å². The molecule has 0 aliphatic rings. The molecule has 0 aliphatic carbocycles. The van der Waals surface area contributed by atoms with E-state index in [9.17, 15) is 0 Å². The molecule has 0 rings (SSSR count). The molecule has 0 bridgehead atoms. The molecule has 0 amide bonds. The smallest absolute Gasteiger partial charge is 0.0861 e. The third-order valence-electron chi connectivity index (χ3n) is 0.237. The maximum atomic E-state index is 6.19. The van der Waals surface area contributed by atoms with Crippen molar-refractivity contribution in [2.45, 2.75) is 6.92 Å². The highest BCUT2D eigenvalue weighted by Crippen LogP contribution is 1.53. The van der Waals surface area contributed by atoms with Crippen molar-refractivity contribution in [2.24, 2.45) is 4.99 Å². The minimum atomic E-state index is 0. The van der Waals surface area contributed by atoms with Crippen LogP contribution in [0.1, 0.15) is 6.92 Å². The van der Waals surface area contributed by atoms with Crippen molar-refractivity contribution in [3.63, 3.8) is 0 Å². The minimum absolute atomic E-state index is 0. The fraction of sp³-hybridized carbons (Fsp3) is 0.667. The largest absolute Gasteiger partial charge is 0.412 e. The maximum absolute atomic E-state index is 6.19. The Balaban J connectivity index is -0.0000000800. The molecule has 44 valence electrons. The van der Waals surface area contributed by atoms with E-state index in [0.29, 0.717) is 6.54 Å². The SMILES string of the molecule is CCN=C=N.Cl.O. The third-order valence-corrected chi connectivity index (χ3v) is 0.237. The van der Waals surface area contributed by atoms with Crippen molar-refractivity contribution >= 4 is 18.4 Å². The van der Waals surface area contributed by atoms with Crippen LogP contribution in [0.3, 0.4) is 0 Å². The lowest BCUT2D eigenvalue weighted by Crippen LogP contribution is -1.58. The lowest BCUT2D eigenvalue weighted by atomic mass is 10.8. The lowest BCUT2D eigenvalue weighted by Gasteiger charge is -1.60. The first-order valence-electron chi connectivity index (χ1n) is 1.50. The number of rotatable bonds is 1. The van der Waals surface area contributed by atoms with Crippen molar-refractivity contribution in [1.29, 1.82) is 5.41 Å². The zero-order chi connectivity index (χ0) is 4.12. The van der Waals surface area contributed by atoms with Gasteiger partial charge >= 0.3 is 0 Å². The molecular formula is C3H9ClN2O. The van der Waals surface area contributed by atoms with E-state index >= 15 is 0 Å². The molecule has 0 spiro atoms. The Bertz CT molecular complexity index is 60.0. The summed E-state index contributed by atoms with van der Waals surface area (Å²) in [4.78, 5) is 3.39. The second kappa shape index (κ2) is 17.4. The Hall–Kier alpha value is -0.370. The number of aliphatic imine (C=N–C) groups is 1. The van der Waals surface area contributed by atoms with Gasteiger partial charge in [-0.1, -0.05) is 0 Å². The summed E-state index contributed by atoms with van der Waals surface area (Å²) in [6, 6.07) is 1.89. The predicted octanol–water partition coefficient (Wildman–Crippen LogP) is 0.356. The van der Waals surface area contributed by atoms with Gasteiger partial charge in [0.25, 0.3) is 0 Å². The second-order valence-corrected chi connectivity index (χ2v) is 0.586. The molecule has 0 saturated carbocycles. The highest BCUT2D eigenvalue weighted by molar-refractivity contribution is 5.85. The molecule has 0 unspecified atom stereocenters. The molecule has 0 aromatic rings. The number of nitrogens with one attached hydrogen (secondary N) is 1. The molecule has 0 fully saturated rings. The minimum Gasteiger partial charge on any atom is -0.412 e. The van der Waals surface area contributed by atoms with Gasteiger partial charge in [-0.3, -0.25) is 0 Å². The predicted molar refractivity (Wildman–Crippen MR) is 31.6 cm³/mol. The first kappa shape index (κ1) is 15.9. The summed E-state index contributed by atoms with van der Waals surface area (Å²) in [5, 5.41) is 6.19. The summed E-state index contributed by atoms with van der Waals surface area (Å²) < 4.78 is 0. The van der Waals surface area contributed by atoms with Crippen LogP contribution >= 0.6 is 12.4 Å². The van der Waals surface area contributed by atoms with Crippen LogP contribution in [0.2, 0.25) is 0 Å². The molecule has 3 nitrogen and oxygen atoms in total. The van der Waals surface area contributed by atoms with Gasteiger partial charge in [0.1, 0.15) is 0 Å². The van der Waals surface area contributed by atoms with Gasteiger partial charge in [0.05, 0.1) is 6.01 Å². The Morgan fingerprint density at radius 1 is 1.71 bits per heavy atom. The monoisotopic (exact) mass is 124 g/mol. The average molecular weight is 125 g/mol. The first-order chi connectivity index (χ1) is 2.41. The Morgan fingerprint density at radius 3 is 2.14 bits per heavy atom. The second-order valence-electron chi connectivity index (χ2n) is 0.586. The van der Waals surface area contributed by atoms with E-state index < -0.39 is 0 Å². The van der Waals surface area contributed by atoms with Crippen molar-refractivity contribution in [3.05, 3.63) is 0 Å². The molecule has 0 aliphatic heterocycles. The van der Waals surface area contributed by atoms with Crippen LogP contribution in [0.25, 0.3) is 0 Å². The van der Waals surface area contributed by atoms with E-state index in [0.717, 1.165) is 0 Å². The van der Waals surface area contributed by atoms with Crippen molar-refractivity contribution in [1.82, 2.24) is 0 Å². The normalized spacial score (nSPS) is 4.14. The zero-order valence-electron chi connectivity index (χ0n) is 4.06. The van der Waals surface area contributed by atoms with Crippen molar-refractivity contribution in [2.75, 3.05) is 6.54 Å². The summed E-state index contributed by atoms with van der Waals surface area (Å²) in [6.45, 7) is 2.53. The van der Waals surface area contributed by atoms with Gasteiger partial charge in [-0.15, -0.1) is 12.4 Å². The van der Waals surface area contributed by atoms with Crippen molar-refractivity contribution in [3.8, 4) is 0 Å². The molecule has 0 aromatic heterocycles. The summed E-state index contributed by atoms with van der Waals surface area (Å²) in [6.07, 6.45) is 0. The highest BCUT2D eigenvalue weighted by Gasteiger charge is 1.49. The van der Waals surface area contributed by atoms with E-state index in [2.05, 4.69) is 4.99 Å². The maximum Gasteiger partial charge on any atom is 0.0861 e. The lowest BCUT2D eigenvalue weighted by molar-refractivity contribution is 0.824. The Kier molecular flexibility index (Phi) is 39.8. The standard InChI is InChI=1S/C3H6N2.ClH.H2O/c1-2-5-3-4;;/h4H,2H2,1H3;1H;1H2. The van der Waals surface area contributed by atoms with E-state index in [-0.39, 0.29) is 17.9 Å². The molecule has 0 radical (unpaired) electrons. The molecule has 0 heterocycles. The quantitative estimate of drug-likeness (QED) is 0.491. The van der Waals surface area contributed by atoms with E-state index in [4.69, 9.17) is 5.41 Å². The first-order valence-corrected chi connectivity index (χ1v) is 1.50. The zero-order valence-corrected chi connectivity index (χ0v) is 4.88. The molecule has 0 aromatic carbocycles. The molecule has 0 saturated heterocycles. The highest BCUT2D eigenvalue weighted by atomic mass is 35.5. The van der Waals surface area contributed by atoms with Gasteiger partial charge in [0.2, 0.25) is 0 Å². The van der Waals surface area contributed by atoms with Crippen LogP contribution in [0.5, 0.6) is 0 Å². The van der Waals surface area contributed by atoms with Gasteiger partial charge in [0, 0.05) is 6.54 Å². The van der Waals surface area contributed by atoms with Crippen LogP contribution in [0, 0.1) is 5.41 Å². The fourth-order valence-corrected chi connectivity index (χ4v) is 0.0791. The topological polar surface area (TPSA) is 67.7 Å². The molecule has 4 heteroatoms. The number of nitrogens with zero attached hydrogens (tertiary/aromatic N) is 1. The Morgan fingerprint density at radius 2 is 2.14 bits per heavy atom. The number of hydrogen-bond acceptors (Lipinski definition) is 2. The Labute approximate surface area is 48.7 Å². The summed E-state index contributed by atoms with van der Waals surface area (Å²) in [7, 11) is 0.